The first-order valence-electron chi connectivity index (χ1n) is 6.88. The monoisotopic (exact) mass is 225 g/mol. The number of rotatable bonds is 4. The van der Waals surface area contributed by atoms with E-state index in [0.717, 1.165) is 12.0 Å². The third kappa shape index (κ3) is 3.19. The molecule has 0 amide bonds. The van der Waals surface area contributed by atoms with E-state index in [9.17, 15) is 0 Å². The van der Waals surface area contributed by atoms with Crippen LogP contribution in [0.4, 0.5) is 0 Å². The summed E-state index contributed by atoms with van der Waals surface area (Å²) in [4.78, 5) is 5.08. The predicted molar refractivity (Wildman–Crippen MR) is 68.7 cm³/mol. The number of likely N-dealkylation sites (N-methyl/N-ethyl adjacent to an activating group) is 1. The highest BCUT2D eigenvalue weighted by atomic mass is 15.2. The fourth-order valence-electron chi connectivity index (χ4n) is 3.18. The molecule has 3 heteroatoms. The Morgan fingerprint density at radius 3 is 2.56 bits per heavy atom. The Labute approximate surface area is 100 Å². The third-order valence-corrected chi connectivity index (χ3v) is 4.44. The van der Waals surface area contributed by atoms with E-state index < -0.39 is 0 Å². The molecule has 1 heterocycles. The maximum absolute atomic E-state index is 3.48. The van der Waals surface area contributed by atoms with Crippen molar-refractivity contribution in [2.24, 2.45) is 5.92 Å². The zero-order valence-corrected chi connectivity index (χ0v) is 10.9. The quantitative estimate of drug-likeness (QED) is 0.770. The van der Waals surface area contributed by atoms with Gasteiger partial charge in [-0.1, -0.05) is 6.42 Å². The van der Waals surface area contributed by atoms with Gasteiger partial charge in [-0.15, -0.1) is 0 Å². The zero-order valence-electron chi connectivity index (χ0n) is 10.9. The second-order valence-electron chi connectivity index (χ2n) is 5.52. The first-order valence-corrected chi connectivity index (χ1v) is 6.88. The third-order valence-electron chi connectivity index (χ3n) is 4.44. The van der Waals surface area contributed by atoms with Gasteiger partial charge in [0.05, 0.1) is 0 Å². The average Bonchev–Trinajstić information content (AvgIpc) is 2.76. The van der Waals surface area contributed by atoms with Gasteiger partial charge in [-0.05, 0) is 45.8 Å². The summed E-state index contributed by atoms with van der Waals surface area (Å²) < 4.78 is 0. The van der Waals surface area contributed by atoms with Crippen LogP contribution >= 0.6 is 0 Å². The number of piperazine rings is 1. The van der Waals surface area contributed by atoms with Gasteiger partial charge in [0.1, 0.15) is 0 Å². The summed E-state index contributed by atoms with van der Waals surface area (Å²) in [5.74, 6) is 0.935. The topological polar surface area (TPSA) is 18.5 Å². The number of hydrogen-bond acceptors (Lipinski definition) is 3. The minimum Gasteiger partial charge on any atom is -0.317 e. The van der Waals surface area contributed by atoms with Gasteiger partial charge in [0.15, 0.2) is 0 Å². The van der Waals surface area contributed by atoms with Crippen molar-refractivity contribution < 1.29 is 0 Å². The Hall–Kier alpha value is -0.120. The summed E-state index contributed by atoms with van der Waals surface area (Å²) in [6.45, 7) is 6.36. The SMILES string of the molecule is CNC1CCCC1CCN1CCN(C)CC1. The minimum atomic E-state index is 0.799. The smallest absolute Gasteiger partial charge is 0.0110 e. The summed E-state index contributed by atoms with van der Waals surface area (Å²) in [7, 11) is 4.35. The van der Waals surface area contributed by atoms with Gasteiger partial charge in [0.25, 0.3) is 0 Å². The molecule has 0 aromatic carbocycles. The van der Waals surface area contributed by atoms with Crippen LogP contribution in [-0.2, 0) is 0 Å². The van der Waals surface area contributed by atoms with E-state index in [-0.39, 0.29) is 0 Å². The number of nitrogens with one attached hydrogen (secondary N) is 1. The van der Waals surface area contributed by atoms with E-state index in [2.05, 4.69) is 29.2 Å². The molecular weight excluding hydrogens is 198 g/mol. The van der Waals surface area contributed by atoms with Crippen LogP contribution in [0.2, 0.25) is 0 Å². The van der Waals surface area contributed by atoms with E-state index in [4.69, 9.17) is 0 Å². The molecule has 0 bridgehead atoms. The number of nitrogens with zero attached hydrogens (tertiary/aromatic N) is 2. The molecule has 94 valence electrons. The van der Waals surface area contributed by atoms with Crippen molar-refractivity contribution in [2.75, 3.05) is 46.8 Å². The maximum atomic E-state index is 3.48. The van der Waals surface area contributed by atoms with Crippen molar-refractivity contribution in [3.63, 3.8) is 0 Å². The van der Waals surface area contributed by atoms with E-state index in [1.165, 1.54) is 58.4 Å². The van der Waals surface area contributed by atoms with Gasteiger partial charge >= 0.3 is 0 Å². The lowest BCUT2D eigenvalue weighted by molar-refractivity contribution is 0.145. The average molecular weight is 225 g/mol. The molecule has 0 aromatic heterocycles. The van der Waals surface area contributed by atoms with Gasteiger partial charge in [-0.25, -0.2) is 0 Å². The van der Waals surface area contributed by atoms with Crippen molar-refractivity contribution in [1.29, 1.82) is 0 Å². The molecule has 2 atom stereocenters. The summed E-state index contributed by atoms with van der Waals surface area (Å²) in [5.41, 5.74) is 0. The Kier molecular flexibility index (Phi) is 4.62. The predicted octanol–water partition coefficient (Wildman–Crippen LogP) is 1.01. The molecule has 2 unspecified atom stereocenters. The molecule has 1 N–H and O–H groups in total. The molecule has 1 aliphatic carbocycles. The highest BCUT2D eigenvalue weighted by molar-refractivity contribution is 4.83. The summed E-state index contributed by atoms with van der Waals surface area (Å²) >= 11 is 0. The Morgan fingerprint density at radius 1 is 1.12 bits per heavy atom. The Balaban J connectivity index is 1.67. The fraction of sp³-hybridized carbons (Fsp3) is 1.00. The van der Waals surface area contributed by atoms with Crippen molar-refractivity contribution in [3.8, 4) is 0 Å². The van der Waals surface area contributed by atoms with Crippen LogP contribution < -0.4 is 5.32 Å². The van der Waals surface area contributed by atoms with E-state index in [1.54, 1.807) is 0 Å². The molecule has 1 aliphatic heterocycles. The molecule has 0 spiro atoms. The molecular formula is C13H27N3. The normalized spacial score (nSPS) is 33.4. The van der Waals surface area contributed by atoms with Crippen LogP contribution in [0, 0.1) is 5.92 Å². The van der Waals surface area contributed by atoms with E-state index >= 15 is 0 Å². The van der Waals surface area contributed by atoms with Gasteiger partial charge in [-0.2, -0.15) is 0 Å². The molecule has 1 saturated heterocycles. The van der Waals surface area contributed by atoms with Gasteiger partial charge in [-0.3, -0.25) is 0 Å². The molecule has 0 aromatic rings. The van der Waals surface area contributed by atoms with Crippen LogP contribution in [0.1, 0.15) is 25.7 Å². The Morgan fingerprint density at radius 2 is 1.88 bits per heavy atom. The standard InChI is InChI=1S/C13H27N3/c1-14-13-5-3-4-12(13)6-7-16-10-8-15(2)9-11-16/h12-14H,3-11H2,1-2H3. The van der Waals surface area contributed by atoms with Crippen molar-refractivity contribution in [1.82, 2.24) is 15.1 Å². The largest absolute Gasteiger partial charge is 0.317 e. The van der Waals surface area contributed by atoms with Gasteiger partial charge in [0.2, 0.25) is 0 Å². The first kappa shape index (κ1) is 12.3. The summed E-state index contributed by atoms with van der Waals surface area (Å²) in [6, 6.07) is 0.799. The molecule has 3 nitrogen and oxygen atoms in total. The highest BCUT2D eigenvalue weighted by Crippen LogP contribution is 2.28. The van der Waals surface area contributed by atoms with Crippen molar-refractivity contribution >= 4 is 0 Å². The van der Waals surface area contributed by atoms with Crippen molar-refractivity contribution in [2.45, 2.75) is 31.7 Å². The van der Waals surface area contributed by atoms with Crippen LogP contribution in [0.15, 0.2) is 0 Å². The second kappa shape index (κ2) is 5.99. The molecule has 16 heavy (non-hydrogen) atoms. The van der Waals surface area contributed by atoms with Crippen LogP contribution in [0.5, 0.6) is 0 Å². The van der Waals surface area contributed by atoms with Crippen LogP contribution in [-0.4, -0.2) is 62.7 Å². The van der Waals surface area contributed by atoms with Crippen LogP contribution in [0.25, 0.3) is 0 Å². The lowest BCUT2D eigenvalue weighted by atomic mass is 9.99. The minimum absolute atomic E-state index is 0.799. The van der Waals surface area contributed by atoms with Gasteiger partial charge in [0, 0.05) is 32.2 Å². The lowest BCUT2D eigenvalue weighted by Gasteiger charge is -2.33. The second-order valence-corrected chi connectivity index (χ2v) is 5.52. The van der Waals surface area contributed by atoms with Gasteiger partial charge < -0.3 is 15.1 Å². The lowest BCUT2D eigenvalue weighted by Crippen LogP contribution is -2.45. The highest BCUT2D eigenvalue weighted by Gasteiger charge is 2.26. The zero-order chi connectivity index (χ0) is 11.4. The molecule has 2 fully saturated rings. The Bertz CT molecular complexity index is 199. The van der Waals surface area contributed by atoms with Crippen molar-refractivity contribution in [3.05, 3.63) is 0 Å². The van der Waals surface area contributed by atoms with Crippen LogP contribution in [0.3, 0.4) is 0 Å². The summed E-state index contributed by atoms with van der Waals surface area (Å²) in [5, 5.41) is 3.48. The number of hydrogen-bond donors (Lipinski definition) is 1. The first-order chi connectivity index (χ1) is 7.79. The maximum Gasteiger partial charge on any atom is 0.0110 e. The molecule has 1 saturated carbocycles. The fourth-order valence-corrected chi connectivity index (χ4v) is 3.18. The summed E-state index contributed by atoms with van der Waals surface area (Å²) in [6.07, 6.45) is 5.66. The molecule has 0 radical (unpaired) electrons. The van der Waals surface area contributed by atoms with E-state index in [0.29, 0.717) is 0 Å². The molecule has 2 rings (SSSR count). The molecule has 2 aliphatic rings. The van der Waals surface area contributed by atoms with E-state index in [1.807, 2.05) is 0 Å².